The number of amides is 1. The lowest BCUT2D eigenvalue weighted by molar-refractivity contribution is -0.139. The maximum atomic E-state index is 11.9. The third-order valence-electron chi connectivity index (χ3n) is 2.90. The Morgan fingerprint density at radius 1 is 1.29 bits per heavy atom. The number of ether oxygens (including phenoxy) is 1. The molecule has 1 rings (SSSR count). The van der Waals surface area contributed by atoms with Gasteiger partial charge in [0.05, 0.1) is 6.61 Å². The summed E-state index contributed by atoms with van der Waals surface area (Å²) in [7, 11) is 0. The van der Waals surface area contributed by atoms with Crippen LogP contribution in [0.1, 0.15) is 36.5 Å². The van der Waals surface area contributed by atoms with Gasteiger partial charge in [0.25, 0.3) is 5.91 Å². The number of unbranched alkanes of at least 4 members (excludes halogenated alkanes) is 1. The Balaban J connectivity index is 2.59. The van der Waals surface area contributed by atoms with Gasteiger partial charge in [0.15, 0.2) is 0 Å². The van der Waals surface area contributed by atoms with Gasteiger partial charge >= 0.3 is 5.97 Å². The molecule has 116 valence electrons. The van der Waals surface area contributed by atoms with Crippen molar-refractivity contribution in [2.45, 2.75) is 32.2 Å². The average molecular weight is 295 g/mol. The number of carbonyl (C=O) groups is 2. The van der Waals surface area contributed by atoms with E-state index >= 15 is 0 Å². The Morgan fingerprint density at radius 3 is 2.48 bits per heavy atom. The summed E-state index contributed by atoms with van der Waals surface area (Å²) in [5.74, 6) is -0.988. The number of carboxylic acid groups (broad SMARTS) is 1. The third kappa shape index (κ3) is 5.83. The Bertz CT molecular complexity index is 458. The second-order valence-corrected chi connectivity index (χ2v) is 4.60. The van der Waals surface area contributed by atoms with Gasteiger partial charge in [-0.25, -0.2) is 4.79 Å². The zero-order valence-electron chi connectivity index (χ0n) is 12.0. The Kier molecular flexibility index (Phi) is 7.25. The zero-order valence-corrected chi connectivity index (χ0v) is 12.0. The molecule has 21 heavy (non-hydrogen) atoms. The highest BCUT2D eigenvalue weighted by atomic mass is 16.5. The highest BCUT2D eigenvalue weighted by Crippen LogP contribution is 2.13. The van der Waals surface area contributed by atoms with E-state index in [0.29, 0.717) is 17.9 Å². The number of nitrogens with one attached hydrogen (secondary N) is 1. The monoisotopic (exact) mass is 295 g/mol. The lowest BCUT2D eigenvalue weighted by atomic mass is 10.1. The van der Waals surface area contributed by atoms with Crippen molar-refractivity contribution in [3.05, 3.63) is 29.8 Å². The molecule has 1 amide bonds. The van der Waals surface area contributed by atoms with Crippen molar-refractivity contribution in [3.63, 3.8) is 0 Å². The molecule has 1 atom stereocenters. The van der Waals surface area contributed by atoms with Crippen LogP contribution in [0.4, 0.5) is 0 Å². The quantitative estimate of drug-likeness (QED) is 0.599. The van der Waals surface area contributed by atoms with Gasteiger partial charge in [0.2, 0.25) is 0 Å². The molecule has 0 radical (unpaired) electrons. The van der Waals surface area contributed by atoms with Crippen molar-refractivity contribution in [1.82, 2.24) is 5.32 Å². The minimum absolute atomic E-state index is 0.0285. The maximum absolute atomic E-state index is 11.9. The second kappa shape index (κ2) is 8.97. The van der Waals surface area contributed by atoms with E-state index in [1.807, 2.05) is 0 Å². The van der Waals surface area contributed by atoms with Crippen molar-refractivity contribution < 1.29 is 24.5 Å². The fraction of sp³-hybridized carbons (Fsp3) is 0.467. The van der Waals surface area contributed by atoms with Gasteiger partial charge in [-0.2, -0.15) is 0 Å². The summed E-state index contributed by atoms with van der Waals surface area (Å²) in [6, 6.07) is 5.41. The Morgan fingerprint density at radius 2 is 1.95 bits per heavy atom. The smallest absolute Gasteiger partial charge is 0.326 e. The number of aliphatic hydroxyl groups is 1. The Labute approximate surface area is 123 Å². The summed E-state index contributed by atoms with van der Waals surface area (Å²) >= 11 is 0. The first-order chi connectivity index (χ1) is 10.1. The predicted octanol–water partition coefficient (Wildman–Crippen LogP) is 1.43. The second-order valence-electron chi connectivity index (χ2n) is 4.60. The molecule has 0 heterocycles. The number of aliphatic hydroxyl groups excluding tert-OH is 1. The maximum Gasteiger partial charge on any atom is 0.326 e. The van der Waals surface area contributed by atoms with E-state index in [4.69, 9.17) is 14.9 Å². The molecule has 0 aliphatic carbocycles. The van der Waals surface area contributed by atoms with Crippen LogP contribution in [0.2, 0.25) is 0 Å². The Hall–Kier alpha value is -2.08. The number of aliphatic carboxylic acids is 1. The molecule has 1 unspecified atom stereocenters. The highest BCUT2D eigenvalue weighted by molar-refractivity contribution is 5.96. The van der Waals surface area contributed by atoms with Gasteiger partial charge in [0, 0.05) is 18.6 Å². The van der Waals surface area contributed by atoms with Crippen LogP contribution in [-0.4, -0.2) is 41.3 Å². The van der Waals surface area contributed by atoms with Crippen LogP contribution in [0.25, 0.3) is 0 Å². The average Bonchev–Trinajstić information content (AvgIpc) is 2.47. The van der Waals surface area contributed by atoms with E-state index in [1.54, 1.807) is 24.3 Å². The summed E-state index contributed by atoms with van der Waals surface area (Å²) < 4.78 is 5.48. The molecule has 0 saturated carbocycles. The van der Waals surface area contributed by atoms with E-state index in [9.17, 15) is 9.59 Å². The highest BCUT2D eigenvalue weighted by Gasteiger charge is 2.19. The summed E-state index contributed by atoms with van der Waals surface area (Å²) in [6.07, 6.45) is 1.98. The van der Waals surface area contributed by atoms with Crippen molar-refractivity contribution in [3.8, 4) is 5.75 Å². The number of carbonyl (C=O) groups excluding carboxylic acids is 1. The molecule has 0 saturated heterocycles. The summed E-state index contributed by atoms with van der Waals surface area (Å²) in [5.41, 5.74) is 0.349. The van der Waals surface area contributed by atoms with Crippen molar-refractivity contribution in [1.29, 1.82) is 0 Å². The molecule has 0 bridgehead atoms. The molecule has 0 fully saturated rings. The van der Waals surface area contributed by atoms with E-state index < -0.39 is 17.9 Å². The van der Waals surface area contributed by atoms with Crippen LogP contribution in [0.15, 0.2) is 24.3 Å². The largest absolute Gasteiger partial charge is 0.494 e. The standard InChI is InChI=1S/C15H21NO5/c1-2-3-10-21-12-6-4-11(5-7-12)14(18)16-13(8-9-17)15(19)20/h4-7,13,17H,2-3,8-10H2,1H3,(H,16,18)(H,19,20). The lowest BCUT2D eigenvalue weighted by Gasteiger charge is -2.13. The molecule has 0 aliphatic heterocycles. The van der Waals surface area contributed by atoms with Crippen LogP contribution in [0.5, 0.6) is 5.75 Å². The van der Waals surface area contributed by atoms with Gasteiger partial charge < -0.3 is 20.3 Å². The molecule has 6 nitrogen and oxygen atoms in total. The molecule has 0 aliphatic rings. The molecular formula is C15H21NO5. The van der Waals surface area contributed by atoms with Crippen molar-refractivity contribution in [2.75, 3.05) is 13.2 Å². The number of carboxylic acids is 1. The van der Waals surface area contributed by atoms with Gasteiger partial charge in [-0.15, -0.1) is 0 Å². The lowest BCUT2D eigenvalue weighted by Crippen LogP contribution is -2.41. The minimum atomic E-state index is -1.17. The van der Waals surface area contributed by atoms with Gasteiger partial charge in [-0.3, -0.25) is 4.79 Å². The first kappa shape index (κ1) is 17.0. The van der Waals surface area contributed by atoms with Crippen LogP contribution < -0.4 is 10.1 Å². The number of rotatable bonds is 9. The fourth-order valence-corrected chi connectivity index (χ4v) is 1.66. The number of hydrogen-bond donors (Lipinski definition) is 3. The minimum Gasteiger partial charge on any atom is -0.494 e. The van der Waals surface area contributed by atoms with Crippen molar-refractivity contribution >= 4 is 11.9 Å². The third-order valence-corrected chi connectivity index (χ3v) is 2.90. The SMILES string of the molecule is CCCCOc1ccc(C(=O)NC(CCO)C(=O)O)cc1. The van der Waals surface area contributed by atoms with E-state index in [-0.39, 0.29) is 13.0 Å². The van der Waals surface area contributed by atoms with E-state index in [1.165, 1.54) is 0 Å². The molecule has 1 aromatic rings. The van der Waals surface area contributed by atoms with Gasteiger partial charge in [0.1, 0.15) is 11.8 Å². The zero-order chi connectivity index (χ0) is 15.7. The van der Waals surface area contributed by atoms with Crippen LogP contribution in [0.3, 0.4) is 0 Å². The van der Waals surface area contributed by atoms with Crippen LogP contribution in [0, 0.1) is 0 Å². The van der Waals surface area contributed by atoms with E-state index in [0.717, 1.165) is 12.8 Å². The summed E-state index contributed by atoms with van der Waals surface area (Å²) in [6.45, 7) is 2.39. The number of hydrogen-bond acceptors (Lipinski definition) is 4. The van der Waals surface area contributed by atoms with Crippen molar-refractivity contribution in [2.24, 2.45) is 0 Å². The first-order valence-corrected chi connectivity index (χ1v) is 6.95. The van der Waals surface area contributed by atoms with E-state index in [2.05, 4.69) is 12.2 Å². The fourth-order valence-electron chi connectivity index (χ4n) is 1.66. The molecule has 6 heteroatoms. The van der Waals surface area contributed by atoms with Gasteiger partial charge in [-0.05, 0) is 30.7 Å². The summed E-state index contributed by atoms with van der Waals surface area (Å²) in [5, 5.41) is 20.1. The topological polar surface area (TPSA) is 95.9 Å². The predicted molar refractivity (Wildman–Crippen MR) is 77.4 cm³/mol. The van der Waals surface area contributed by atoms with Crippen LogP contribution in [-0.2, 0) is 4.79 Å². The van der Waals surface area contributed by atoms with Crippen LogP contribution >= 0.6 is 0 Å². The number of benzene rings is 1. The molecule has 0 spiro atoms. The normalized spacial score (nSPS) is 11.7. The molecule has 3 N–H and O–H groups in total. The van der Waals surface area contributed by atoms with Gasteiger partial charge in [-0.1, -0.05) is 13.3 Å². The first-order valence-electron chi connectivity index (χ1n) is 6.95. The summed E-state index contributed by atoms with van der Waals surface area (Å²) in [4.78, 5) is 22.8. The molecule has 0 aromatic heterocycles. The molecule has 1 aromatic carbocycles. The molecular weight excluding hydrogens is 274 g/mol.